The fraction of sp³-hybridized carbons (Fsp3) is 0.0667. The number of thiophene rings is 1. The Bertz CT molecular complexity index is 739. The molecule has 0 spiro atoms. The number of hydrogen-bond acceptors (Lipinski definition) is 6. The summed E-state index contributed by atoms with van der Waals surface area (Å²) in [6, 6.07) is 12.5. The number of nitrogens with zero attached hydrogens (tertiary/aromatic N) is 3. The first-order valence-corrected chi connectivity index (χ1v) is 8.32. The van der Waals surface area contributed by atoms with E-state index in [0.29, 0.717) is 10.7 Å². The third-order valence-electron chi connectivity index (χ3n) is 2.86. The fourth-order valence-electron chi connectivity index (χ4n) is 1.85. The summed E-state index contributed by atoms with van der Waals surface area (Å²) < 4.78 is 0. The Morgan fingerprint density at radius 2 is 2.00 bits per heavy atom. The molecule has 0 unspecified atom stereocenters. The summed E-state index contributed by atoms with van der Waals surface area (Å²) in [6.07, 6.45) is 1.60. The molecule has 0 aliphatic carbocycles. The lowest BCUT2D eigenvalue weighted by atomic mass is 10.2. The second kappa shape index (κ2) is 6.67. The molecule has 0 N–H and O–H groups in total. The van der Waals surface area contributed by atoms with Crippen LogP contribution < -0.4 is 0 Å². The summed E-state index contributed by atoms with van der Waals surface area (Å²) in [5, 5.41) is 10.2. The summed E-state index contributed by atoms with van der Waals surface area (Å²) in [5.41, 5.74) is 0.452. The van der Waals surface area contributed by atoms with Crippen molar-refractivity contribution in [2.24, 2.45) is 10.2 Å². The highest BCUT2D eigenvalue weighted by atomic mass is 32.2. The number of imide groups is 1. The van der Waals surface area contributed by atoms with Crippen molar-refractivity contribution in [3.63, 3.8) is 0 Å². The molecule has 110 valence electrons. The first kappa shape index (κ1) is 14.7. The second-order valence-electron chi connectivity index (χ2n) is 4.33. The van der Waals surface area contributed by atoms with Gasteiger partial charge >= 0.3 is 0 Å². The molecule has 1 aromatic carbocycles. The van der Waals surface area contributed by atoms with Crippen LogP contribution in [0.1, 0.15) is 15.2 Å². The maximum Gasteiger partial charge on any atom is 0.266 e. The van der Waals surface area contributed by atoms with Gasteiger partial charge in [-0.1, -0.05) is 36.0 Å². The van der Waals surface area contributed by atoms with Crippen LogP contribution in [-0.4, -0.2) is 33.8 Å². The molecule has 3 rings (SSSR count). The summed E-state index contributed by atoms with van der Waals surface area (Å²) in [7, 11) is 0. The van der Waals surface area contributed by atoms with Crippen molar-refractivity contribution in [3.05, 3.63) is 58.3 Å². The van der Waals surface area contributed by atoms with Gasteiger partial charge in [-0.25, -0.2) is 4.90 Å². The summed E-state index contributed by atoms with van der Waals surface area (Å²) in [4.78, 5) is 26.4. The van der Waals surface area contributed by atoms with Gasteiger partial charge < -0.3 is 0 Å². The number of carbonyl (C=O) groups is 2. The molecule has 5 nitrogen and oxygen atoms in total. The molecule has 1 aliphatic heterocycles. The lowest BCUT2D eigenvalue weighted by Gasteiger charge is -2.12. The fourth-order valence-corrected chi connectivity index (χ4v) is 3.23. The molecule has 22 heavy (non-hydrogen) atoms. The van der Waals surface area contributed by atoms with E-state index < -0.39 is 0 Å². The minimum atomic E-state index is -0.374. The van der Waals surface area contributed by atoms with Crippen LogP contribution in [0, 0.1) is 0 Å². The molecule has 2 amide bonds. The number of amides is 2. The van der Waals surface area contributed by atoms with Gasteiger partial charge in [-0.3, -0.25) is 9.59 Å². The number of hydrogen-bond donors (Lipinski definition) is 0. The van der Waals surface area contributed by atoms with E-state index in [0.717, 1.165) is 9.78 Å². The van der Waals surface area contributed by atoms with E-state index in [1.165, 1.54) is 23.1 Å². The van der Waals surface area contributed by atoms with E-state index in [4.69, 9.17) is 0 Å². The topological polar surface area (TPSA) is 62.1 Å². The maximum atomic E-state index is 12.4. The lowest BCUT2D eigenvalue weighted by Crippen LogP contribution is -2.35. The van der Waals surface area contributed by atoms with Gasteiger partial charge in [0.1, 0.15) is 0 Å². The molecule has 0 atom stereocenters. The van der Waals surface area contributed by atoms with Crippen LogP contribution in [0.2, 0.25) is 0 Å². The van der Waals surface area contributed by atoms with Crippen molar-refractivity contribution in [1.29, 1.82) is 0 Å². The van der Waals surface area contributed by atoms with E-state index in [-0.39, 0.29) is 17.6 Å². The molecule has 7 heteroatoms. The zero-order chi connectivity index (χ0) is 15.4. The molecule has 2 heterocycles. The lowest BCUT2D eigenvalue weighted by molar-refractivity contribution is -0.122. The Kier molecular flexibility index (Phi) is 4.45. The molecule has 2 aromatic rings. The number of benzene rings is 1. The molecular weight excluding hydrogens is 318 g/mol. The first-order chi connectivity index (χ1) is 10.8. The van der Waals surface area contributed by atoms with Crippen LogP contribution in [-0.2, 0) is 4.79 Å². The van der Waals surface area contributed by atoms with Crippen molar-refractivity contribution < 1.29 is 9.59 Å². The Morgan fingerprint density at radius 3 is 2.73 bits per heavy atom. The highest BCUT2D eigenvalue weighted by Gasteiger charge is 2.34. The summed E-state index contributed by atoms with van der Waals surface area (Å²) in [6.45, 7) is 0. The zero-order valence-electron chi connectivity index (χ0n) is 11.4. The highest BCUT2D eigenvalue weighted by molar-refractivity contribution is 8.15. The average Bonchev–Trinajstić information content (AvgIpc) is 3.18. The van der Waals surface area contributed by atoms with Gasteiger partial charge in [0.25, 0.3) is 5.91 Å². The average molecular weight is 329 g/mol. The first-order valence-electron chi connectivity index (χ1n) is 6.45. The van der Waals surface area contributed by atoms with E-state index in [1.54, 1.807) is 30.5 Å². The Labute approximate surface area is 135 Å². The number of rotatable bonds is 3. The van der Waals surface area contributed by atoms with Crippen molar-refractivity contribution in [1.82, 2.24) is 4.90 Å². The van der Waals surface area contributed by atoms with E-state index >= 15 is 0 Å². The van der Waals surface area contributed by atoms with Crippen molar-refractivity contribution in [3.8, 4) is 0 Å². The van der Waals surface area contributed by atoms with E-state index in [9.17, 15) is 9.59 Å². The van der Waals surface area contributed by atoms with Crippen molar-refractivity contribution in [2.45, 2.75) is 0 Å². The van der Waals surface area contributed by atoms with Gasteiger partial charge in [0, 0.05) is 10.4 Å². The van der Waals surface area contributed by atoms with Crippen LogP contribution >= 0.6 is 23.1 Å². The molecule has 1 fully saturated rings. The predicted octanol–water partition coefficient (Wildman–Crippen LogP) is 2.85. The zero-order valence-corrected chi connectivity index (χ0v) is 13.0. The standard InChI is InChI=1S/C15H11N3O2S2/c19-13-10-22-15(17-16-9-12-7-4-8-21-12)18(13)14(20)11-5-2-1-3-6-11/h1-9H,10H2/b16-9-,17-15+. The molecule has 0 bridgehead atoms. The van der Waals surface area contributed by atoms with Crippen LogP contribution in [0.3, 0.4) is 0 Å². The minimum Gasteiger partial charge on any atom is -0.273 e. The number of amidine groups is 1. The monoisotopic (exact) mass is 329 g/mol. The molecule has 1 saturated heterocycles. The smallest absolute Gasteiger partial charge is 0.266 e. The van der Waals surface area contributed by atoms with Gasteiger partial charge in [0.05, 0.1) is 12.0 Å². The predicted molar refractivity (Wildman–Crippen MR) is 89.4 cm³/mol. The van der Waals surface area contributed by atoms with Gasteiger partial charge in [0.2, 0.25) is 5.91 Å². The van der Waals surface area contributed by atoms with Crippen LogP contribution in [0.25, 0.3) is 0 Å². The summed E-state index contributed by atoms with van der Waals surface area (Å²) in [5.74, 6) is -0.448. The van der Waals surface area contributed by atoms with Crippen LogP contribution in [0.15, 0.2) is 58.0 Å². The third kappa shape index (κ3) is 3.15. The van der Waals surface area contributed by atoms with E-state index in [2.05, 4.69) is 10.2 Å². The second-order valence-corrected chi connectivity index (χ2v) is 6.25. The molecule has 1 aromatic heterocycles. The minimum absolute atomic E-state index is 0.200. The van der Waals surface area contributed by atoms with Gasteiger partial charge in [0.15, 0.2) is 5.17 Å². The van der Waals surface area contributed by atoms with Crippen molar-refractivity contribution >= 4 is 46.3 Å². The normalized spacial score (nSPS) is 16.8. The van der Waals surface area contributed by atoms with E-state index in [1.807, 2.05) is 23.6 Å². The van der Waals surface area contributed by atoms with Crippen LogP contribution in [0.5, 0.6) is 0 Å². The third-order valence-corrected chi connectivity index (χ3v) is 4.58. The Hall–Kier alpha value is -2.25. The number of carbonyl (C=O) groups excluding carboxylic acids is 2. The molecule has 1 aliphatic rings. The molecular formula is C15H11N3O2S2. The van der Waals surface area contributed by atoms with Crippen molar-refractivity contribution in [2.75, 3.05) is 5.75 Å². The molecule has 0 radical (unpaired) electrons. The Balaban J connectivity index is 1.82. The number of thioether (sulfide) groups is 1. The SMILES string of the molecule is O=C1CS/C(=N/N=C\c2cccs2)N1C(=O)c1ccccc1. The largest absolute Gasteiger partial charge is 0.273 e. The molecule has 0 saturated carbocycles. The van der Waals surface area contributed by atoms with Gasteiger partial charge in [-0.15, -0.1) is 16.4 Å². The van der Waals surface area contributed by atoms with Gasteiger partial charge in [-0.2, -0.15) is 5.10 Å². The van der Waals surface area contributed by atoms with Crippen LogP contribution in [0.4, 0.5) is 0 Å². The summed E-state index contributed by atoms with van der Waals surface area (Å²) >= 11 is 2.75. The maximum absolute atomic E-state index is 12.4. The highest BCUT2D eigenvalue weighted by Crippen LogP contribution is 2.22. The van der Waals surface area contributed by atoms with Gasteiger partial charge in [-0.05, 0) is 23.6 Å². The Morgan fingerprint density at radius 1 is 1.18 bits per heavy atom. The quantitative estimate of drug-likeness (QED) is 0.494.